The molecule has 3 nitrogen and oxygen atoms in total. The Hall–Kier alpha value is -0.900. The summed E-state index contributed by atoms with van der Waals surface area (Å²) in [5, 5.41) is 3.63. The van der Waals surface area contributed by atoms with Gasteiger partial charge in [0.15, 0.2) is 6.61 Å². The molecule has 1 aromatic carbocycles. The first kappa shape index (κ1) is 15.2. The van der Waals surface area contributed by atoms with Crippen LogP contribution in [-0.2, 0) is 4.79 Å². The number of nitrogens with one attached hydrogen (secondary N) is 1. The summed E-state index contributed by atoms with van der Waals surface area (Å²) in [7, 11) is 0. The second-order valence-corrected chi connectivity index (χ2v) is 4.63. The average molecular weight is 309 g/mol. The molecule has 0 fully saturated rings. The number of ether oxygens (including phenoxy) is 1. The number of hydrogen-bond donors (Lipinski definition) is 1. The summed E-state index contributed by atoms with van der Waals surface area (Å²) in [5.41, 5.74) is 0. The minimum atomic E-state index is -0.237. The van der Waals surface area contributed by atoms with Crippen LogP contribution in [0.15, 0.2) is 24.8 Å². The topological polar surface area (TPSA) is 38.3 Å². The lowest BCUT2D eigenvalue weighted by Crippen LogP contribution is -2.29. The molecular weight excluding hydrogens is 296 g/mol. The molecule has 18 heavy (non-hydrogen) atoms. The summed E-state index contributed by atoms with van der Waals surface area (Å²) in [6.45, 7) is 3.95. The molecule has 6 heteroatoms. The fourth-order valence-electron chi connectivity index (χ4n) is 1.12. The van der Waals surface area contributed by atoms with E-state index in [-0.39, 0.29) is 12.5 Å². The molecule has 0 aromatic heterocycles. The van der Waals surface area contributed by atoms with Crippen LogP contribution < -0.4 is 10.1 Å². The summed E-state index contributed by atoms with van der Waals surface area (Å²) in [4.78, 5) is 11.4. The molecule has 1 rings (SSSR count). The van der Waals surface area contributed by atoms with Gasteiger partial charge in [0.2, 0.25) is 0 Å². The molecule has 0 radical (unpaired) electrons. The van der Waals surface area contributed by atoms with Crippen LogP contribution in [-0.4, -0.2) is 19.1 Å². The van der Waals surface area contributed by atoms with Crippen molar-refractivity contribution < 1.29 is 9.53 Å². The van der Waals surface area contributed by atoms with Crippen LogP contribution in [0.25, 0.3) is 0 Å². The van der Waals surface area contributed by atoms with E-state index in [1.165, 1.54) is 12.1 Å². The van der Waals surface area contributed by atoms with Crippen LogP contribution in [0.4, 0.5) is 0 Å². The summed E-state index contributed by atoms with van der Waals surface area (Å²) in [6, 6.07) is 2.94. The predicted octanol–water partition coefficient (Wildman–Crippen LogP) is 3.72. The van der Waals surface area contributed by atoms with E-state index in [2.05, 4.69) is 11.9 Å². The smallest absolute Gasteiger partial charge is 0.257 e. The molecule has 0 spiro atoms. The molecule has 0 heterocycles. The standard InChI is InChI=1S/C12H12Cl3NO2/c1-2-3-4-16-12(17)7-18-11-6-9(14)8(13)5-10(11)15/h2,5-6H,1,3-4,7H2,(H,16,17). The minimum Gasteiger partial charge on any atom is -0.482 e. The van der Waals surface area contributed by atoms with Crippen molar-refractivity contribution >= 4 is 40.7 Å². The molecule has 1 amide bonds. The molecule has 0 aliphatic heterocycles. The first-order valence-corrected chi connectivity index (χ1v) is 6.33. The van der Waals surface area contributed by atoms with Crippen LogP contribution in [0.3, 0.4) is 0 Å². The molecular formula is C12H12Cl3NO2. The molecule has 0 atom stereocenters. The van der Waals surface area contributed by atoms with Crippen molar-refractivity contribution in [2.24, 2.45) is 0 Å². The van der Waals surface area contributed by atoms with Crippen LogP contribution >= 0.6 is 34.8 Å². The zero-order valence-electron chi connectivity index (χ0n) is 9.51. The summed E-state index contributed by atoms with van der Waals surface area (Å²) >= 11 is 17.5. The highest BCUT2D eigenvalue weighted by molar-refractivity contribution is 6.43. The largest absolute Gasteiger partial charge is 0.482 e. The highest BCUT2D eigenvalue weighted by atomic mass is 35.5. The molecule has 0 aliphatic rings. The Kier molecular flexibility index (Phi) is 6.33. The Morgan fingerprint density at radius 2 is 1.94 bits per heavy atom. The van der Waals surface area contributed by atoms with Gasteiger partial charge in [-0.3, -0.25) is 4.79 Å². The molecule has 0 saturated heterocycles. The van der Waals surface area contributed by atoms with Crippen LogP contribution in [0.1, 0.15) is 6.42 Å². The third kappa shape index (κ3) is 4.77. The van der Waals surface area contributed by atoms with Crippen molar-refractivity contribution in [3.63, 3.8) is 0 Å². The lowest BCUT2D eigenvalue weighted by Gasteiger charge is -2.09. The highest BCUT2D eigenvalue weighted by Gasteiger charge is 2.09. The average Bonchev–Trinajstić information content (AvgIpc) is 2.32. The number of benzene rings is 1. The third-order valence-electron chi connectivity index (χ3n) is 2.00. The van der Waals surface area contributed by atoms with Gasteiger partial charge in [-0.1, -0.05) is 40.9 Å². The summed E-state index contributed by atoms with van der Waals surface area (Å²) < 4.78 is 5.25. The van der Waals surface area contributed by atoms with Gasteiger partial charge in [-0.2, -0.15) is 0 Å². The van der Waals surface area contributed by atoms with Crippen LogP contribution in [0.5, 0.6) is 5.75 Å². The maximum absolute atomic E-state index is 11.4. The van der Waals surface area contributed by atoms with E-state index in [0.717, 1.165) is 0 Å². The van der Waals surface area contributed by atoms with Gasteiger partial charge < -0.3 is 10.1 Å². The van der Waals surface area contributed by atoms with Crippen LogP contribution in [0.2, 0.25) is 15.1 Å². The monoisotopic (exact) mass is 307 g/mol. The van der Waals surface area contributed by atoms with Gasteiger partial charge in [-0.05, 0) is 12.5 Å². The fraction of sp³-hybridized carbons (Fsp3) is 0.250. The van der Waals surface area contributed by atoms with Gasteiger partial charge in [-0.15, -0.1) is 6.58 Å². The third-order valence-corrected chi connectivity index (χ3v) is 3.02. The first-order valence-electron chi connectivity index (χ1n) is 5.19. The molecule has 1 N–H and O–H groups in total. The number of halogens is 3. The predicted molar refractivity (Wildman–Crippen MR) is 74.8 cm³/mol. The molecule has 0 bridgehead atoms. The highest BCUT2D eigenvalue weighted by Crippen LogP contribution is 2.33. The van der Waals surface area contributed by atoms with Crippen molar-refractivity contribution in [1.29, 1.82) is 0 Å². The van der Waals surface area contributed by atoms with Gasteiger partial charge in [0.1, 0.15) is 5.75 Å². The van der Waals surface area contributed by atoms with Crippen molar-refractivity contribution in [2.45, 2.75) is 6.42 Å². The number of rotatable bonds is 6. The number of amides is 1. The van der Waals surface area contributed by atoms with Crippen LogP contribution in [0, 0.1) is 0 Å². The lowest BCUT2D eigenvalue weighted by molar-refractivity contribution is -0.123. The number of carbonyl (C=O) groups excluding carboxylic acids is 1. The Labute approximate surface area is 121 Å². The lowest BCUT2D eigenvalue weighted by atomic mass is 10.3. The van der Waals surface area contributed by atoms with E-state index >= 15 is 0 Å². The van der Waals surface area contributed by atoms with E-state index in [1.54, 1.807) is 6.08 Å². The van der Waals surface area contributed by atoms with Crippen molar-refractivity contribution in [1.82, 2.24) is 5.32 Å². The molecule has 98 valence electrons. The number of carbonyl (C=O) groups is 1. The van der Waals surface area contributed by atoms with Crippen molar-refractivity contribution in [3.05, 3.63) is 39.9 Å². The maximum Gasteiger partial charge on any atom is 0.257 e. The zero-order valence-corrected chi connectivity index (χ0v) is 11.8. The van der Waals surface area contributed by atoms with E-state index in [9.17, 15) is 4.79 Å². The van der Waals surface area contributed by atoms with Gasteiger partial charge in [0.05, 0.1) is 15.1 Å². The zero-order chi connectivity index (χ0) is 13.5. The molecule has 1 aromatic rings. The van der Waals surface area contributed by atoms with E-state index in [4.69, 9.17) is 39.5 Å². The fourth-order valence-corrected chi connectivity index (χ4v) is 1.71. The minimum absolute atomic E-state index is 0.130. The van der Waals surface area contributed by atoms with E-state index < -0.39 is 0 Å². The Morgan fingerprint density at radius 1 is 1.28 bits per heavy atom. The second-order valence-electron chi connectivity index (χ2n) is 3.41. The Bertz CT molecular complexity index is 449. The molecule has 0 unspecified atom stereocenters. The quantitative estimate of drug-likeness (QED) is 0.494. The first-order chi connectivity index (χ1) is 8.54. The second kappa shape index (κ2) is 7.52. The van der Waals surface area contributed by atoms with Gasteiger partial charge in [0, 0.05) is 12.6 Å². The SMILES string of the molecule is C=CCCNC(=O)COc1cc(Cl)c(Cl)cc1Cl. The summed E-state index contributed by atoms with van der Waals surface area (Å²) in [6.07, 6.45) is 2.43. The Morgan fingerprint density at radius 3 is 2.61 bits per heavy atom. The van der Waals surface area contributed by atoms with Crippen molar-refractivity contribution in [2.75, 3.05) is 13.2 Å². The van der Waals surface area contributed by atoms with Gasteiger partial charge in [-0.25, -0.2) is 0 Å². The molecule has 0 aliphatic carbocycles. The number of hydrogen-bond acceptors (Lipinski definition) is 2. The normalized spacial score (nSPS) is 9.94. The molecule has 0 saturated carbocycles. The Balaban J connectivity index is 2.50. The maximum atomic E-state index is 11.4. The van der Waals surface area contributed by atoms with Gasteiger partial charge in [0.25, 0.3) is 5.91 Å². The van der Waals surface area contributed by atoms with Gasteiger partial charge >= 0.3 is 0 Å². The van der Waals surface area contributed by atoms with E-state index in [1.807, 2.05) is 0 Å². The summed E-state index contributed by atoms with van der Waals surface area (Å²) in [5.74, 6) is 0.0870. The van der Waals surface area contributed by atoms with E-state index in [0.29, 0.717) is 33.8 Å². The van der Waals surface area contributed by atoms with Crippen molar-refractivity contribution in [3.8, 4) is 5.75 Å².